The minimum absolute atomic E-state index is 0.195. The van der Waals surface area contributed by atoms with Crippen LogP contribution < -0.4 is 10.6 Å². The Balaban J connectivity index is 1.44. The van der Waals surface area contributed by atoms with Crippen LogP contribution in [0.1, 0.15) is 44.8 Å². The Morgan fingerprint density at radius 3 is 2.52 bits per heavy atom. The highest BCUT2D eigenvalue weighted by atomic mass is 32.1. The number of hydrogen-bond acceptors (Lipinski definition) is 5. The first-order chi connectivity index (χ1) is 14.9. The fourth-order valence-corrected chi connectivity index (χ4v) is 4.35. The van der Waals surface area contributed by atoms with Gasteiger partial charge in [0.2, 0.25) is 5.01 Å². The molecule has 3 amide bonds. The molecule has 0 aliphatic carbocycles. The molecular formula is C22H22FN5O2S. The van der Waals surface area contributed by atoms with Crippen LogP contribution in [0.25, 0.3) is 0 Å². The monoisotopic (exact) mass is 439 g/mol. The predicted molar refractivity (Wildman–Crippen MR) is 118 cm³/mol. The molecule has 7 nitrogen and oxygen atoms in total. The standard InChI is InChI=1S/C22H22FN5O2S/c1-13-5-8-17(12-14(13)2)25-22(30)28-11-3-4-18(28)20-26-27-21(31-20)19(29)24-16-9-6-15(23)7-10-16/h5-10,12,18H,3-4,11H2,1-2H3,(H,24,29)(H,25,30)/t18-/m0/s1. The average molecular weight is 440 g/mol. The van der Waals surface area contributed by atoms with E-state index in [1.54, 1.807) is 4.90 Å². The highest BCUT2D eigenvalue weighted by Gasteiger charge is 2.33. The second kappa shape index (κ2) is 8.81. The molecule has 1 aliphatic heterocycles. The number of halogens is 1. The van der Waals surface area contributed by atoms with Crippen molar-refractivity contribution >= 4 is 34.6 Å². The number of rotatable bonds is 4. The topological polar surface area (TPSA) is 87.2 Å². The van der Waals surface area contributed by atoms with Crippen molar-refractivity contribution in [2.24, 2.45) is 0 Å². The fourth-order valence-electron chi connectivity index (χ4n) is 3.46. The Hall–Kier alpha value is -3.33. The summed E-state index contributed by atoms with van der Waals surface area (Å²) in [6.45, 7) is 4.64. The van der Waals surface area contributed by atoms with Gasteiger partial charge >= 0.3 is 6.03 Å². The largest absolute Gasteiger partial charge is 0.322 e. The zero-order valence-electron chi connectivity index (χ0n) is 17.2. The Morgan fingerprint density at radius 1 is 1.03 bits per heavy atom. The van der Waals surface area contributed by atoms with E-state index in [4.69, 9.17) is 0 Å². The molecule has 1 saturated heterocycles. The maximum absolute atomic E-state index is 13.0. The molecule has 3 aromatic rings. The van der Waals surface area contributed by atoms with Crippen molar-refractivity contribution in [1.82, 2.24) is 15.1 Å². The molecule has 0 unspecified atom stereocenters. The summed E-state index contributed by atoms with van der Waals surface area (Å²) in [6.07, 6.45) is 1.61. The van der Waals surface area contributed by atoms with Gasteiger partial charge in [0, 0.05) is 17.9 Å². The van der Waals surface area contributed by atoms with Crippen LogP contribution in [0, 0.1) is 19.7 Å². The van der Waals surface area contributed by atoms with E-state index in [2.05, 4.69) is 20.8 Å². The van der Waals surface area contributed by atoms with Crippen LogP contribution in [0.4, 0.5) is 20.6 Å². The summed E-state index contributed by atoms with van der Waals surface area (Å²) in [5, 5.41) is 14.6. The van der Waals surface area contributed by atoms with Gasteiger partial charge in [-0.25, -0.2) is 9.18 Å². The van der Waals surface area contributed by atoms with Gasteiger partial charge in [0.15, 0.2) is 0 Å². The first-order valence-corrected chi connectivity index (χ1v) is 10.8. The van der Waals surface area contributed by atoms with E-state index < -0.39 is 5.91 Å². The lowest BCUT2D eigenvalue weighted by Crippen LogP contribution is -2.34. The molecule has 4 rings (SSSR count). The highest BCUT2D eigenvalue weighted by molar-refractivity contribution is 7.13. The lowest BCUT2D eigenvalue weighted by molar-refractivity contribution is 0.102. The van der Waals surface area contributed by atoms with Crippen molar-refractivity contribution in [1.29, 1.82) is 0 Å². The highest BCUT2D eigenvalue weighted by Crippen LogP contribution is 2.34. The third-order valence-electron chi connectivity index (χ3n) is 5.29. The summed E-state index contributed by atoms with van der Waals surface area (Å²) in [6, 6.07) is 10.9. The number of benzene rings is 2. The summed E-state index contributed by atoms with van der Waals surface area (Å²) >= 11 is 1.16. The average Bonchev–Trinajstić information content (AvgIpc) is 3.42. The molecule has 2 aromatic carbocycles. The van der Waals surface area contributed by atoms with Gasteiger partial charge in [0.1, 0.15) is 10.8 Å². The maximum Gasteiger partial charge on any atom is 0.322 e. The van der Waals surface area contributed by atoms with Gasteiger partial charge in [-0.1, -0.05) is 17.4 Å². The lowest BCUT2D eigenvalue weighted by atomic mass is 10.1. The molecule has 1 aliphatic rings. The van der Waals surface area contributed by atoms with E-state index in [0.717, 1.165) is 41.0 Å². The Labute approximate surface area is 183 Å². The normalized spacial score (nSPS) is 15.7. The molecule has 2 heterocycles. The first kappa shape index (κ1) is 20.9. The number of nitrogens with zero attached hydrogens (tertiary/aromatic N) is 3. The van der Waals surface area contributed by atoms with Gasteiger partial charge in [-0.15, -0.1) is 10.2 Å². The fraction of sp³-hybridized carbons (Fsp3) is 0.273. The van der Waals surface area contributed by atoms with Gasteiger partial charge in [0.25, 0.3) is 5.91 Å². The van der Waals surface area contributed by atoms with E-state index in [1.807, 2.05) is 32.0 Å². The van der Waals surface area contributed by atoms with E-state index in [9.17, 15) is 14.0 Å². The number of likely N-dealkylation sites (tertiary alicyclic amines) is 1. The van der Waals surface area contributed by atoms with Crippen LogP contribution in [-0.4, -0.2) is 33.6 Å². The van der Waals surface area contributed by atoms with Crippen LogP contribution >= 0.6 is 11.3 Å². The smallest absolute Gasteiger partial charge is 0.320 e. The van der Waals surface area contributed by atoms with E-state index >= 15 is 0 Å². The number of hydrogen-bond donors (Lipinski definition) is 2. The van der Waals surface area contributed by atoms with E-state index in [-0.39, 0.29) is 22.9 Å². The summed E-state index contributed by atoms with van der Waals surface area (Å²) in [5.74, 6) is -0.795. The molecule has 1 fully saturated rings. The van der Waals surface area contributed by atoms with Gasteiger partial charge in [0.05, 0.1) is 6.04 Å². The minimum atomic E-state index is -0.417. The van der Waals surface area contributed by atoms with Crippen LogP contribution in [0.15, 0.2) is 42.5 Å². The van der Waals surface area contributed by atoms with Crippen molar-refractivity contribution in [3.63, 3.8) is 0 Å². The molecule has 31 heavy (non-hydrogen) atoms. The SMILES string of the molecule is Cc1ccc(NC(=O)N2CCC[C@H]2c2nnc(C(=O)Nc3ccc(F)cc3)s2)cc1C. The predicted octanol–water partition coefficient (Wildman–Crippen LogP) is 4.92. The minimum Gasteiger partial charge on any atom is -0.320 e. The third kappa shape index (κ3) is 4.72. The summed E-state index contributed by atoms with van der Waals surface area (Å²) in [4.78, 5) is 27.1. The Kier molecular flexibility index (Phi) is 5.94. The van der Waals surface area contributed by atoms with Crippen molar-refractivity contribution < 1.29 is 14.0 Å². The number of carbonyl (C=O) groups is 2. The van der Waals surface area contributed by atoms with E-state index in [1.165, 1.54) is 24.3 Å². The maximum atomic E-state index is 13.0. The molecule has 9 heteroatoms. The number of amides is 3. The second-order valence-corrected chi connectivity index (χ2v) is 8.50. The first-order valence-electron chi connectivity index (χ1n) is 9.96. The van der Waals surface area contributed by atoms with Crippen LogP contribution in [-0.2, 0) is 0 Å². The third-order valence-corrected chi connectivity index (χ3v) is 6.32. The molecular weight excluding hydrogens is 417 g/mol. The molecule has 160 valence electrons. The zero-order valence-corrected chi connectivity index (χ0v) is 18.0. The van der Waals surface area contributed by atoms with Gasteiger partial charge in [-0.3, -0.25) is 4.79 Å². The Bertz CT molecular complexity index is 1120. The van der Waals surface area contributed by atoms with Gasteiger partial charge in [-0.2, -0.15) is 0 Å². The van der Waals surface area contributed by atoms with Crippen molar-refractivity contribution in [3.8, 4) is 0 Å². The molecule has 0 radical (unpaired) electrons. The number of nitrogens with one attached hydrogen (secondary N) is 2. The van der Waals surface area contributed by atoms with Crippen molar-refractivity contribution in [2.75, 3.05) is 17.2 Å². The van der Waals surface area contributed by atoms with Crippen LogP contribution in [0.5, 0.6) is 0 Å². The second-order valence-electron chi connectivity index (χ2n) is 7.49. The molecule has 1 atom stereocenters. The van der Waals surface area contributed by atoms with Crippen molar-refractivity contribution in [2.45, 2.75) is 32.7 Å². The van der Waals surface area contributed by atoms with Gasteiger partial charge in [-0.05, 0) is 74.2 Å². The number of anilines is 2. The van der Waals surface area contributed by atoms with Crippen LogP contribution in [0.2, 0.25) is 0 Å². The number of aromatic nitrogens is 2. The number of carbonyl (C=O) groups excluding carboxylic acids is 2. The molecule has 0 bridgehead atoms. The molecule has 2 N–H and O–H groups in total. The quantitative estimate of drug-likeness (QED) is 0.604. The molecule has 1 aromatic heterocycles. The summed E-state index contributed by atoms with van der Waals surface area (Å²) < 4.78 is 13.0. The lowest BCUT2D eigenvalue weighted by Gasteiger charge is -2.23. The Morgan fingerprint density at radius 2 is 1.77 bits per heavy atom. The van der Waals surface area contributed by atoms with E-state index in [0.29, 0.717) is 17.2 Å². The summed E-state index contributed by atoms with van der Waals surface area (Å²) in [5.41, 5.74) is 3.49. The van der Waals surface area contributed by atoms with Crippen molar-refractivity contribution in [3.05, 3.63) is 69.4 Å². The van der Waals surface area contributed by atoms with Gasteiger partial charge < -0.3 is 15.5 Å². The molecule has 0 saturated carbocycles. The number of aryl methyl sites for hydroxylation is 2. The molecule has 0 spiro atoms. The van der Waals surface area contributed by atoms with Crippen LogP contribution in [0.3, 0.4) is 0 Å². The summed E-state index contributed by atoms with van der Waals surface area (Å²) in [7, 11) is 0. The zero-order chi connectivity index (χ0) is 22.0. The number of urea groups is 1.